The van der Waals surface area contributed by atoms with Crippen molar-refractivity contribution in [2.45, 2.75) is 39.0 Å². The standard InChI is InChI=1S/C17H27N3O3/c1-2-23-16(21)14-9-18-17(22)19-15(14)11-20-8-7-12-5-3-4-6-13(12)10-20/h12-13H,2-11H2,1H3,(H2,18,19,22)/t12-,13+/m1/s1. The minimum atomic E-state index is -0.331. The molecule has 2 N–H and O–H groups in total. The van der Waals surface area contributed by atoms with Crippen LogP contribution in [0.3, 0.4) is 0 Å². The Bertz CT molecular complexity index is 503. The predicted octanol–water partition coefficient (Wildman–Crippen LogP) is 1.63. The third kappa shape index (κ3) is 3.86. The second kappa shape index (κ2) is 7.34. The van der Waals surface area contributed by atoms with Crippen LogP contribution in [0.1, 0.15) is 39.0 Å². The van der Waals surface area contributed by atoms with Crippen LogP contribution in [0.25, 0.3) is 0 Å². The SMILES string of the molecule is CCOC(=O)C1=C(CN2CC[C@H]3CCCC[C@H]3C2)NC(=O)NC1. The Labute approximate surface area is 137 Å². The lowest BCUT2D eigenvalue weighted by Gasteiger charge is -2.41. The summed E-state index contributed by atoms with van der Waals surface area (Å²) in [6.45, 7) is 5.14. The van der Waals surface area contributed by atoms with Crippen molar-refractivity contribution in [3.05, 3.63) is 11.3 Å². The van der Waals surface area contributed by atoms with E-state index in [0.717, 1.165) is 24.9 Å². The Kier molecular flexibility index (Phi) is 5.20. The molecule has 0 radical (unpaired) electrons. The van der Waals surface area contributed by atoms with Gasteiger partial charge in [0.15, 0.2) is 0 Å². The maximum Gasteiger partial charge on any atom is 0.337 e. The van der Waals surface area contributed by atoms with E-state index in [1.807, 2.05) is 0 Å². The summed E-state index contributed by atoms with van der Waals surface area (Å²) in [5, 5.41) is 5.47. The van der Waals surface area contributed by atoms with Crippen molar-refractivity contribution >= 4 is 12.0 Å². The Morgan fingerprint density at radius 3 is 2.83 bits per heavy atom. The molecule has 3 rings (SSSR count). The minimum Gasteiger partial charge on any atom is -0.463 e. The van der Waals surface area contributed by atoms with Crippen molar-refractivity contribution < 1.29 is 14.3 Å². The summed E-state index contributed by atoms with van der Waals surface area (Å²) in [6.07, 6.45) is 6.64. The highest BCUT2D eigenvalue weighted by atomic mass is 16.5. The summed E-state index contributed by atoms with van der Waals surface area (Å²) in [5.74, 6) is 1.32. The van der Waals surface area contributed by atoms with Crippen LogP contribution in [0.5, 0.6) is 0 Å². The summed E-state index contributed by atoms with van der Waals surface area (Å²) in [5.41, 5.74) is 1.26. The van der Waals surface area contributed by atoms with Crippen LogP contribution in [-0.2, 0) is 9.53 Å². The zero-order chi connectivity index (χ0) is 16.2. The number of hydrogen-bond acceptors (Lipinski definition) is 4. The number of fused-ring (bicyclic) bond motifs is 1. The quantitative estimate of drug-likeness (QED) is 0.772. The van der Waals surface area contributed by atoms with Gasteiger partial charge in [-0.15, -0.1) is 0 Å². The molecule has 23 heavy (non-hydrogen) atoms. The number of carbonyl (C=O) groups is 2. The van der Waals surface area contributed by atoms with Crippen molar-refractivity contribution in [2.75, 3.05) is 32.8 Å². The number of likely N-dealkylation sites (tertiary alicyclic amines) is 1. The molecule has 2 amide bonds. The number of nitrogens with one attached hydrogen (secondary N) is 2. The molecule has 0 aromatic heterocycles. The van der Waals surface area contributed by atoms with Crippen LogP contribution in [0, 0.1) is 11.8 Å². The fourth-order valence-corrected chi connectivity index (χ4v) is 4.12. The molecular formula is C17H27N3O3. The first-order chi connectivity index (χ1) is 11.2. The normalized spacial score (nSPS) is 28.7. The highest BCUT2D eigenvalue weighted by Crippen LogP contribution is 2.36. The molecule has 3 aliphatic rings. The Hall–Kier alpha value is -1.56. The molecule has 2 fully saturated rings. The lowest BCUT2D eigenvalue weighted by molar-refractivity contribution is -0.138. The zero-order valence-corrected chi connectivity index (χ0v) is 13.9. The van der Waals surface area contributed by atoms with E-state index in [-0.39, 0.29) is 18.5 Å². The third-order valence-electron chi connectivity index (χ3n) is 5.33. The first-order valence-corrected chi connectivity index (χ1v) is 8.83. The molecule has 0 bridgehead atoms. The van der Waals surface area contributed by atoms with E-state index in [2.05, 4.69) is 15.5 Å². The molecular weight excluding hydrogens is 294 g/mol. The fraction of sp³-hybridized carbons (Fsp3) is 0.765. The zero-order valence-electron chi connectivity index (χ0n) is 13.9. The molecule has 0 spiro atoms. The maximum atomic E-state index is 12.1. The predicted molar refractivity (Wildman–Crippen MR) is 86.7 cm³/mol. The van der Waals surface area contributed by atoms with Crippen molar-refractivity contribution in [3.63, 3.8) is 0 Å². The van der Waals surface area contributed by atoms with Crippen LogP contribution < -0.4 is 10.6 Å². The number of hydrogen-bond donors (Lipinski definition) is 2. The molecule has 0 aromatic rings. The summed E-state index contributed by atoms with van der Waals surface area (Å²) in [4.78, 5) is 26.1. The number of carbonyl (C=O) groups excluding carboxylic acids is 2. The summed E-state index contributed by atoms with van der Waals surface area (Å²) < 4.78 is 5.12. The van der Waals surface area contributed by atoms with Crippen LogP contribution in [-0.4, -0.2) is 49.7 Å². The molecule has 2 atom stereocenters. The largest absolute Gasteiger partial charge is 0.463 e. The second-order valence-corrected chi connectivity index (χ2v) is 6.81. The number of urea groups is 1. The van der Waals surface area contributed by atoms with Gasteiger partial charge in [0.2, 0.25) is 0 Å². The van der Waals surface area contributed by atoms with Crippen LogP contribution in [0.15, 0.2) is 11.3 Å². The third-order valence-corrected chi connectivity index (χ3v) is 5.33. The summed E-state index contributed by atoms with van der Waals surface area (Å²) in [7, 11) is 0. The number of rotatable bonds is 4. The highest BCUT2D eigenvalue weighted by molar-refractivity contribution is 5.93. The van der Waals surface area contributed by atoms with Gasteiger partial charge in [0.1, 0.15) is 0 Å². The van der Waals surface area contributed by atoms with Crippen LogP contribution in [0.2, 0.25) is 0 Å². The fourth-order valence-electron chi connectivity index (χ4n) is 4.12. The van der Waals surface area contributed by atoms with Gasteiger partial charge in [-0.25, -0.2) is 9.59 Å². The van der Waals surface area contributed by atoms with Crippen LogP contribution >= 0.6 is 0 Å². The Balaban J connectivity index is 1.68. The van der Waals surface area contributed by atoms with E-state index in [1.165, 1.54) is 32.1 Å². The first kappa shape index (κ1) is 16.3. The van der Waals surface area contributed by atoms with E-state index in [1.54, 1.807) is 6.92 Å². The van der Waals surface area contributed by atoms with Crippen molar-refractivity contribution in [1.29, 1.82) is 0 Å². The Morgan fingerprint density at radius 1 is 1.26 bits per heavy atom. The number of amides is 2. The van der Waals surface area contributed by atoms with E-state index < -0.39 is 0 Å². The molecule has 1 saturated heterocycles. The molecule has 2 heterocycles. The second-order valence-electron chi connectivity index (χ2n) is 6.81. The molecule has 1 aliphatic carbocycles. The van der Waals surface area contributed by atoms with Gasteiger partial charge in [-0.2, -0.15) is 0 Å². The maximum absolute atomic E-state index is 12.1. The molecule has 128 valence electrons. The Morgan fingerprint density at radius 2 is 2.04 bits per heavy atom. The lowest BCUT2D eigenvalue weighted by Crippen LogP contribution is -2.49. The van der Waals surface area contributed by atoms with Crippen molar-refractivity contribution in [3.8, 4) is 0 Å². The van der Waals surface area contributed by atoms with E-state index in [0.29, 0.717) is 24.4 Å². The molecule has 1 saturated carbocycles. The van der Waals surface area contributed by atoms with Gasteiger partial charge in [0.25, 0.3) is 0 Å². The average molecular weight is 321 g/mol. The van der Waals surface area contributed by atoms with E-state index in [4.69, 9.17) is 4.74 Å². The van der Waals surface area contributed by atoms with Gasteiger partial charge >= 0.3 is 12.0 Å². The minimum absolute atomic E-state index is 0.236. The van der Waals surface area contributed by atoms with E-state index >= 15 is 0 Å². The topological polar surface area (TPSA) is 70.7 Å². The number of esters is 1. The molecule has 0 aromatic carbocycles. The molecule has 0 unspecified atom stereocenters. The smallest absolute Gasteiger partial charge is 0.337 e. The van der Waals surface area contributed by atoms with E-state index in [9.17, 15) is 9.59 Å². The van der Waals surface area contributed by atoms with Gasteiger partial charge in [0.05, 0.1) is 18.7 Å². The first-order valence-electron chi connectivity index (χ1n) is 8.83. The highest BCUT2D eigenvalue weighted by Gasteiger charge is 2.32. The van der Waals surface area contributed by atoms with Crippen LogP contribution in [0.4, 0.5) is 4.79 Å². The van der Waals surface area contributed by atoms with Gasteiger partial charge in [-0.3, -0.25) is 4.90 Å². The van der Waals surface area contributed by atoms with Gasteiger partial charge < -0.3 is 15.4 Å². The van der Waals surface area contributed by atoms with Gasteiger partial charge in [-0.1, -0.05) is 19.3 Å². The molecule has 6 nitrogen and oxygen atoms in total. The summed E-state index contributed by atoms with van der Waals surface area (Å²) >= 11 is 0. The summed E-state index contributed by atoms with van der Waals surface area (Å²) in [6, 6.07) is -0.236. The van der Waals surface area contributed by atoms with Gasteiger partial charge in [-0.05, 0) is 38.1 Å². The monoisotopic (exact) mass is 321 g/mol. The number of piperidine rings is 1. The van der Waals surface area contributed by atoms with Crippen molar-refractivity contribution in [2.24, 2.45) is 11.8 Å². The van der Waals surface area contributed by atoms with Gasteiger partial charge in [0, 0.05) is 18.8 Å². The number of nitrogens with zero attached hydrogens (tertiary/aromatic N) is 1. The van der Waals surface area contributed by atoms with Crippen molar-refractivity contribution in [1.82, 2.24) is 15.5 Å². The molecule has 6 heteroatoms. The number of ether oxygens (including phenoxy) is 1. The molecule has 2 aliphatic heterocycles. The lowest BCUT2D eigenvalue weighted by atomic mass is 9.75. The average Bonchev–Trinajstić information content (AvgIpc) is 2.55.